The van der Waals surface area contributed by atoms with Crippen molar-refractivity contribution in [3.8, 4) is 0 Å². The van der Waals surface area contributed by atoms with Crippen molar-refractivity contribution in [2.24, 2.45) is 11.1 Å². The van der Waals surface area contributed by atoms with E-state index < -0.39 is 11.6 Å². The van der Waals surface area contributed by atoms with Crippen molar-refractivity contribution < 1.29 is 8.78 Å². The molecule has 0 saturated carbocycles. The lowest BCUT2D eigenvalue weighted by atomic mass is 9.78. The first-order valence-corrected chi connectivity index (χ1v) is 7.37. The van der Waals surface area contributed by atoms with Crippen molar-refractivity contribution in [1.29, 1.82) is 0 Å². The first-order chi connectivity index (χ1) is 9.47. The van der Waals surface area contributed by atoms with E-state index in [0.717, 1.165) is 32.0 Å². The second kappa shape index (κ2) is 6.19. The van der Waals surface area contributed by atoms with Gasteiger partial charge in [0.15, 0.2) is 0 Å². The van der Waals surface area contributed by atoms with Crippen LogP contribution in [0.15, 0.2) is 18.2 Å². The quantitative estimate of drug-likeness (QED) is 0.916. The summed E-state index contributed by atoms with van der Waals surface area (Å²) in [7, 11) is 0. The number of nitrogens with two attached hydrogens (primary N) is 1. The SMILES string of the molecule is CCC1(C)CCN(C(CN)c2cc(F)cc(F)c2)CC1. The number of rotatable bonds is 4. The number of benzene rings is 1. The van der Waals surface area contributed by atoms with Crippen molar-refractivity contribution in [2.75, 3.05) is 19.6 Å². The summed E-state index contributed by atoms with van der Waals surface area (Å²) in [5, 5.41) is 0. The fourth-order valence-electron chi connectivity index (χ4n) is 2.99. The predicted octanol–water partition coefficient (Wildman–Crippen LogP) is 3.48. The second-order valence-corrected chi connectivity index (χ2v) is 6.15. The minimum atomic E-state index is -0.533. The second-order valence-electron chi connectivity index (χ2n) is 6.15. The topological polar surface area (TPSA) is 29.3 Å². The Morgan fingerprint density at radius 3 is 2.20 bits per heavy atom. The fraction of sp³-hybridized carbons (Fsp3) is 0.625. The first-order valence-electron chi connectivity index (χ1n) is 7.37. The molecule has 1 aliphatic heterocycles. The molecule has 1 aromatic rings. The maximum absolute atomic E-state index is 13.4. The molecule has 20 heavy (non-hydrogen) atoms. The van der Waals surface area contributed by atoms with Gasteiger partial charge in [-0.2, -0.15) is 0 Å². The summed E-state index contributed by atoms with van der Waals surface area (Å²) >= 11 is 0. The Morgan fingerprint density at radius 1 is 1.20 bits per heavy atom. The molecular weight excluding hydrogens is 258 g/mol. The molecule has 0 aliphatic carbocycles. The van der Waals surface area contributed by atoms with Crippen molar-refractivity contribution in [3.63, 3.8) is 0 Å². The molecule has 1 aromatic carbocycles. The minimum Gasteiger partial charge on any atom is -0.329 e. The molecule has 0 radical (unpaired) electrons. The lowest BCUT2D eigenvalue weighted by Crippen LogP contribution is -2.42. The van der Waals surface area contributed by atoms with E-state index in [1.165, 1.54) is 18.6 Å². The van der Waals surface area contributed by atoms with Gasteiger partial charge in [0, 0.05) is 18.7 Å². The standard InChI is InChI=1S/C16H24F2N2/c1-3-16(2)4-6-20(7-5-16)15(11-19)12-8-13(17)10-14(18)9-12/h8-10,15H,3-7,11,19H2,1-2H3. The third-order valence-corrected chi connectivity index (χ3v) is 4.79. The van der Waals surface area contributed by atoms with Gasteiger partial charge in [0.05, 0.1) is 0 Å². The van der Waals surface area contributed by atoms with Gasteiger partial charge in [0.1, 0.15) is 11.6 Å². The highest BCUT2D eigenvalue weighted by atomic mass is 19.1. The summed E-state index contributed by atoms with van der Waals surface area (Å²) in [5.41, 5.74) is 6.88. The molecule has 1 atom stereocenters. The van der Waals surface area contributed by atoms with Gasteiger partial charge in [-0.05, 0) is 49.0 Å². The van der Waals surface area contributed by atoms with E-state index in [2.05, 4.69) is 18.7 Å². The molecule has 1 unspecified atom stereocenters. The summed E-state index contributed by atoms with van der Waals surface area (Å²) in [4.78, 5) is 2.26. The van der Waals surface area contributed by atoms with Gasteiger partial charge in [-0.3, -0.25) is 4.90 Å². The third kappa shape index (κ3) is 3.36. The summed E-state index contributed by atoms with van der Waals surface area (Å²) in [6.45, 7) is 6.78. The number of likely N-dealkylation sites (tertiary alicyclic amines) is 1. The molecule has 0 spiro atoms. The molecule has 1 saturated heterocycles. The summed E-state index contributed by atoms with van der Waals surface area (Å²) in [6.07, 6.45) is 3.39. The Bertz CT molecular complexity index is 434. The zero-order chi connectivity index (χ0) is 14.8. The van der Waals surface area contributed by atoms with Crippen LogP contribution in [0.1, 0.15) is 44.7 Å². The van der Waals surface area contributed by atoms with Crippen LogP contribution in [0.3, 0.4) is 0 Å². The number of hydrogen-bond acceptors (Lipinski definition) is 2. The number of hydrogen-bond donors (Lipinski definition) is 1. The third-order valence-electron chi connectivity index (χ3n) is 4.79. The minimum absolute atomic E-state index is 0.0957. The van der Waals surface area contributed by atoms with Gasteiger partial charge in [-0.25, -0.2) is 8.78 Å². The van der Waals surface area contributed by atoms with Gasteiger partial charge in [-0.1, -0.05) is 20.3 Å². The van der Waals surface area contributed by atoms with Crippen LogP contribution in [0.2, 0.25) is 0 Å². The van der Waals surface area contributed by atoms with E-state index in [4.69, 9.17) is 5.73 Å². The summed E-state index contributed by atoms with van der Waals surface area (Å²) < 4.78 is 26.7. The molecule has 0 aromatic heterocycles. The van der Waals surface area contributed by atoms with Gasteiger partial charge < -0.3 is 5.73 Å². The van der Waals surface area contributed by atoms with Crippen molar-refractivity contribution in [2.45, 2.75) is 39.2 Å². The summed E-state index contributed by atoms with van der Waals surface area (Å²) in [5.74, 6) is -1.07. The molecule has 2 rings (SSSR count). The average Bonchev–Trinajstić information content (AvgIpc) is 2.41. The Kier molecular flexibility index (Phi) is 4.76. The van der Waals surface area contributed by atoms with Crippen LogP contribution in [0.25, 0.3) is 0 Å². The summed E-state index contributed by atoms with van der Waals surface area (Å²) in [6, 6.07) is 3.60. The number of nitrogens with zero attached hydrogens (tertiary/aromatic N) is 1. The molecule has 0 amide bonds. The zero-order valence-corrected chi connectivity index (χ0v) is 12.3. The smallest absolute Gasteiger partial charge is 0.126 e. The van der Waals surface area contributed by atoms with E-state index in [-0.39, 0.29) is 6.04 Å². The van der Waals surface area contributed by atoms with Crippen LogP contribution < -0.4 is 5.73 Å². The highest BCUT2D eigenvalue weighted by Gasteiger charge is 2.31. The fourth-order valence-corrected chi connectivity index (χ4v) is 2.99. The van der Waals surface area contributed by atoms with Crippen LogP contribution in [0.5, 0.6) is 0 Å². The Labute approximate surface area is 120 Å². The molecular formula is C16H24F2N2. The average molecular weight is 282 g/mol. The Balaban J connectivity index is 2.13. The van der Waals surface area contributed by atoms with Crippen LogP contribution in [0, 0.1) is 17.0 Å². The maximum atomic E-state index is 13.4. The van der Waals surface area contributed by atoms with E-state index in [0.29, 0.717) is 17.5 Å². The maximum Gasteiger partial charge on any atom is 0.126 e. The Morgan fingerprint density at radius 2 is 1.75 bits per heavy atom. The van der Waals surface area contributed by atoms with E-state index in [1.54, 1.807) is 0 Å². The van der Waals surface area contributed by atoms with E-state index in [1.807, 2.05) is 0 Å². The van der Waals surface area contributed by atoms with Crippen molar-refractivity contribution in [3.05, 3.63) is 35.4 Å². The lowest BCUT2D eigenvalue weighted by Gasteiger charge is -2.42. The first kappa shape index (κ1) is 15.4. The van der Waals surface area contributed by atoms with Gasteiger partial charge in [-0.15, -0.1) is 0 Å². The van der Waals surface area contributed by atoms with Crippen molar-refractivity contribution in [1.82, 2.24) is 4.90 Å². The molecule has 0 bridgehead atoms. The van der Waals surface area contributed by atoms with Crippen LogP contribution in [-0.4, -0.2) is 24.5 Å². The molecule has 2 nitrogen and oxygen atoms in total. The highest BCUT2D eigenvalue weighted by Crippen LogP contribution is 2.36. The lowest BCUT2D eigenvalue weighted by molar-refractivity contribution is 0.0827. The molecule has 1 aliphatic rings. The van der Waals surface area contributed by atoms with Crippen molar-refractivity contribution >= 4 is 0 Å². The molecule has 1 heterocycles. The van der Waals surface area contributed by atoms with Crippen LogP contribution in [0.4, 0.5) is 8.78 Å². The Hall–Kier alpha value is -1.00. The number of halogens is 2. The highest BCUT2D eigenvalue weighted by molar-refractivity contribution is 5.22. The van der Waals surface area contributed by atoms with Gasteiger partial charge in [0.2, 0.25) is 0 Å². The van der Waals surface area contributed by atoms with Crippen LogP contribution >= 0.6 is 0 Å². The largest absolute Gasteiger partial charge is 0.329 e. The van der Waals surface area contributed by atoms with Gasteiger partial charge >= 0.3 is 0 Å². The van der Waals surface area contributed by atoms with Crippen LogP contribution in [-0.2, 0) is 0 Å². The normalized spacial score (nSPS) is 20.9. The monoisotopic (exact) mass is 282 g/mol. The predicted molar refractivity (Wildman–Crippen MR) is 77.4 cm³/mol. The number of piperidine rings is 1. The molecule has 4 heteroatoms. The molecule has 1 fully saturated rings. The molecule has 2 N–H and O–H groups in total. The molecule has 112 valence electrons. The zero-order valence-electron chi connectivity index (χ0n) is 12.3. The van der Waals surface area contributed by atoms with E-state index >= 15 is 0 Å². The van der Waals surface area contributed by atoms with Gasteiger partial charge in [0.25, 0.3) is 0 Å². The van der Waals surface area contributed by atoms with E-state index in [9.17, 15) is 8.78 Å².